The van der Waals surface area contributed by atoms with Crippen LogP contribution in [0.2, 0.25) is 0 Å². The number of thiazole rings is 1. The summed E-state index contributed by atoms with van der Waals surface area (Å²) in [5, 5.41) is 12.4. The van der Waals surface area contributed by atoms with E-state index in [1.54, 1.807) is 0 Å². The maximum Gasteiger partial charge on any atom is 0.347 e. The maximum absolute atomic E-state index is 11.7. The number of benzene rings is 1. The molecular formula is C15H14N2O3S. The highest BCUT2D eigenvalue weighted by Crippen LogP contribution is 2.32. The van der Waals surface area contributed by atoms with Crippen LogP contribution < -0.4 is 5.32 Å². The average Bonchev–Trinajstić information content (AvgIpc) is 3.23. The fourth-order valence-corrected chi connectivity index (χ4v) is 2.86. The number of rotatable bonds is 5. The van der Waals surface area contributed by atoms with E-state index in [-0.39, 0.29) is 16.7 Å². The third kappa shape index (κ3) is 3.28. The zero-order valence-corrected chi connectivity index (χ0v) is 12.0. The van der Waals surface area contributed by atoms with Crippen LogP contribution in [0.4, 0.5) is 5.13 Å². The predicted octanol–water partition coefficient (Wildman–Crippen LogP) is 2.78. The molecule has 5 nitrogen and oxygen atoms in total. The third-order valence-corrected chi connectivity index (χ3v) is 4.29. The number of aromatic carboxylic acids is 1. The number of amides is 1. The van der Waals surface area contributed by atoms with Gasteiger partial charge in [-0.1, -0.05) is 41.7 Å². The molecule has 1 saturated carbocycles. The van der Waals surface area contributed by atoms with Crippen molar-refractivity contribution in [2.24, 2.45) is 5.92 Å². The van der Waals surface area contributed by atoms with Crippen molar-refractivity contribution in [3.8, 4) is 0 Å². The standard InChI is InChI=1S/C15H14N2O3S/c18-13(10-6-7-10)17-15-16-11(12(21-15)14(19)20)8-9-4-2-1-3-5-9/h1-5,10H,6-8H2,(H,19,20)(H,16,17,18). The summed E-state index contributed by atoms with van der Waals surface area (Å²) in [5.74, 6) is -1.00. The van der Waals surface area contributed by atoms with Gasteiger partial charge in [-0.05, 0) is 18.4 Å². The van der Waals surface area contributed by atoms with Crippen molar-refractivity contribution in [1.82, 2.24) is 4.98 Å². The van der Waals surface area contributed by atoms with Gasteiger partial charge in [0, 0.05) is 12.3 Å². The van der Waals surface area contributed by atoms with Crippen LogP contribution >= 0.6 is 11.3 Å². The van der Waals surface area contributed by atoms with Crippen LogP contribution in [-0.4, -0.2) is 22.0 Å². The Kier molecular flexibility index (Phi) is 3.70. The molecule has 0 atom stereocenters. The van der Waals surface area contributed by atoms with Crippen LogP contribution in [0, 0.1) is 5.92 Å². The van der Waals surface area contributed by atoms with Crippen molar-refractivity contribution in [2.45, 2.75) is 19.3 Å². The molecule has 1 fully saturated rings. The smallest absolute Gasteiger partial charge is 0.347 e. The Balaban J connectivity index is 1.82. The first-order valence-electron chi connectivity index (χ1n) is 6.71. The Morgan fingerprint density at radius 2 is 2.00 bits per heavy atom. The van der Waals surface area contributed by atoms with Gasteiger partial charge in [-0.25, -0.2) is 9.78 Å². The Morgan fingerprint density at radius 1 is 1.29 bits per heavy atom. The van der Waals surface area contributed by atoms with E-state index in [2.05, 4.69) is 10.3 Å². The van der Waals surface area contributed by atoms with E-state index in [0.717, 1.165) is 29.7 Å². The van der Waals surface area contributed by atoms with Crippen LogP contribution in [0.1, 0.15) is 33.8 Å². The molecule has 21 heavy (non-hydrogen) atoms. The molecule has 3 rings (SSSR count). The third-order valence-electron chi connectivity index (χ3n) is 3.28. The Morgan fingerprint density at radius 3 is 2.62 bits per heavy atom. The van der Waals surface area contributed by atoms with Crippen LogP contribution in [0.5, 0.6) is 0 Å². The summed E-state index contributed by atoms with van der Waals surface area (Å²) in [6.07, 6.45) is 2.25. The maximum atomic E-state index is 11.7. The second-order valence-corrected chi connectivity index (χ2v) is 6.02. The minimum atomic E-state index is -1.01. The predicted molar refractivity (Wildman–Crippen MR) is 79.7 cm³/mol. The SMILES string of the molecule is O=C(O)c1sc(NC(=O)C2CC2)nc1Cc1ccccc1. The first kappa shape index (κ1) is 13.8. The van der Waals surface area contributed by atoms with E-state index in [4.69, 9.17) is 0 Å². The van der Waals surface area contributed by atoms with Crippen molar-refractivity contribution in [2.75, 3.05) is 5.32 Å². The molecule has 1 aromatic heterocycles. The lowest BCUT2D eigenvalue weighted by molar-refractivity contribution is -0.117. The summed E-state index contributed by atoms with van der Waals surface area (Å²) in [6.45, 7) is 0. The number of nitrogens with one attached hydrogen (secondary N) is 1. The van der Waals surface area contributed by atoms with Crippen LogP contribution in [0.3, 0.4) is 0 Å². The molecule has 0 saturated heterocycles. The summed E-state index contributed by atoms with van der Waals surface area (Å²) in [7, 11) is 0. The van der Waals surface area contributed by atoms with E-state index >= 15 is 0 Å². The zero-order valence-electron chi connectivity index (χ0n) is 11.2. The highest BCUT2D eigenvalue weighted by atomic mass is 32.1. The molecule has 2 aromatic rings. The molecule has 1 aromatic carbocycles. The van der Waals surface area contributed by atoms with Gasteiger partial charge < -0.3 is 10.4 Å². The number of hydrogen-bond donors (Lipinski definition) is 2. The summed E-state index contributed by atoms with van der Waals surface area (Å²) in [4.78, 5) is 27.5. The molecule has 0 unspecified atom stereocenters. The first-order chi connectivity index (χ1) is 10.1. The van der Waals surface area contributed by atoms with Crippen molar-refractivity contribution in [3.63, 3.8) is 0 Å². The average molecular weight is 302 g/mol. The van der Waals surface area contributed by atoms with E-state index < -0.39 is 5.97 Å². The quantitative estimate of drug-likeness (QED) is 0.890. The van der Waals surface area contributed by atoms with Crippen molar-refractivity contribution >= 4 is 28.3 Å². The molecule has 108 valence electrons. The van der Waals surface area contributed by atoms with Gasteiger partial charge in [0.15, 0.2) is 5.13 Å². The van der Waals surface area contributed by atoms with Crippen LogP contribution in [0.25, 0.3) is 0 Å². The summed E-state index contributed by atoms with van der Waals surface area (Å²) in [5.41, 5.74) is 1.48. The van der Waals surface area contributed by atoms with E-state index in [9.17, 15) is 14.7 Å². The van der Waals surface area contributed by atoms with Crippen molar-refractivity contribution in [3.05, 3.63) is 46.5 Å². The van der Waals surface area contributed by atoms with Crippen LogP contribution in [0.15, 0.2) is 30.3 Å². The Hall–Kier alpha value is -2.21. The summed E-state index contributed by atoms with van der Waals surface area (Å²) >= 11 is 1.02. The van der Waals surface area contributed by atoms with Gasteiger partial charge in [-0.3, -0.25) is 4.79 Å². The van der Waals surface area contributed by atoms with Crippen molar-refractivity contribution < 1.29 is 14.7 Å². The fraction of sp³-hybridized carbons (Fsp3) is 0.267. The van der Waals surface area contributed by atoms with Crippen LogP contribution in [-0.2, 0) is 11.2 Å². The van der Waals surface area contributed by atoms with Gasteiger partial charge in [0.2, 0.25) is 5.91 Å². The largest absolute Gasteiger partial charge is 0.477 e. The molecule has 0 bridgehead atoms. The van der Waals surface area contributed by atoms with Gasteiger partial charge in [0.1, 0.15) is 4.88 Å². The summed E-state index contributed by atoms with van der Waals surface area (Å²) in [6, 6.07) is 9.56. The number of anilines is 1. The molecule has 0 radical (unpaired) electrons. The number of nitrogens with zero attached hydrogens (tertiary/aromatic N) is 1. The highest BCUT2D eigenvalue weighted by Gasteiger charge is 2.30. The van der Waals surface area contributed by atoms with Gasteiger partial charge in [0.05, 0.1) is 5.69 Å². The zero-order chi connectivity index (χ0) is 14.8. The molecule has 1 aliphatic rings. The van der Waals surface area contributed by atoms with Gasteiger partial charge >= 0.3 is 5.97 Å². The number of carbonyl (C=O) groups excluding carboxylic acids is 1. The number of hydrogen-bond acceptors (Lipinski definition) is 4. The van der Waals surface area contributed by atoms with Gasteiger partial charge in [-0.2, -0.15) is 0 Å². The lowest BCUT2D eigenvalue weighted by Crippen LogP contribution is -2.13. The highest BCUT2D eigenvalue weighted by molar-refractivity contribution is 7.17. The molecule has 6 heteroatoms. The molecule has 1 amide bonds. The fourth-order valence-electron chi connectivity index (χ4n) is 2.03. The molecule has 1 heterocycles. The lowest BCUT2D eigenvalue weighted by atomic mass is 10.1. The van der Waals surface area contributed by atoms with Gasteiger partial charge in [0.25, 0.3) is 0 Å². The molecule has 1 aliphatic carbocycles. The molecular weight excluding hydrogens is 288 g/mol. The number of carboxylic acids is 1. The van der Waals surface area contributed by atoms with E-state index in [1.165, 1.54) is 0 Å². The Bertz CT molecular complexity index is 677. The Labute approximate surface area is 125 Å². The van der Waals surface area contributed by atoms with E-state index in [1.807, 2.05) is 30.3 Å². The second kappa shape index (κ2) is 5.65. The molecule has 0 spiro atoms. The van der Waals surface area contributed by atoms with Crippen molar-refractivity contribution in [1.29, 1.82) is 0 Å². The molecule has 2 N–H and O–H groups in total. The minimum absolute atomic E-state index is 0.0630. The number of carbonyl (C=O) groups is 2. The lowest BCUT2D eigenvalue weighted by Gasteiger charge is -1.99. The molecule has 0 aliphatic heterocycles. The monoisotopic (exact) mass is 302 g/mol. The summed E-state index contributed by atoms with van der Waals surface area (Å²) < 4.78 is 0. The van der Waals surface area contributed by atoms with Gasteiger partial charge in [-0.15, -0.1) is 0 Å². The topological polar surface area (TPSA) is 79.3 Å². The minimum Gasteiger partial charge on any atom is -0.477 e. The first-order valence-corrected chi connectivity index (χ1v) is 7.53. The number of carboxylic acid groups (broad SMARTS) is 1. The second-order valence-electron chi connectivity index (χ2n) is 5.03. The number of aromatic nitrogens is 1. The normalized spacial score (nSPS) is 13.9. The van der Waals surface area contributed by atoms with E-state index in [0.29, 0.717) is 17.2 Å².